The Morgan fingerprint density at radius 3 is 2.15 bits per heavy atom. The van der Waals surface area contributed by atoms with E-state index in [4.69, 9.17) is 0 Å². The van der Waals surface area contributed by atoms with Gasteiger partial charge in [-0.1, -0.05) is 0 Å². The van der Waals surface area contributed by atoms with E-state index in [1.54, 1.807) is 0 Å². The van der Waals surface area contributed by atoms with Crippen molar-refractivity contribution in [2.45, 2.75) is 20.8 Å². The Kier molecular flexibility index (Phi) is 3.42. The Labute approximate surface area is 90.3 Å². The van der Waals surface area contributed by atoms with Crippen molar-refractivity contribution in [3.63, 3.8) is 0 Å². The number of rotatable bonds is 1. The van der Waals surface area contributed by atoms with E-state index in [2.05, 4.69) is 68.8 Å². The SMILES string of the molecule is [Li][C](=Cc1ccccc1)C(C)(C)C. The zero-order valence-corrected chi connectivity index (χ0v) is 8.96. The first-order valence-electron chi connectivity index (χ1n) is 4.74. The summed E-state index contributed by atoms with van der Waals surface area (Å²) < 4.78 is 1.42. The minimum absolute atomic E-state index is 0.274. The maximum absolute atomic E-state index is 2.25. The van der Waals surface area contributed by atoms with E-state index in [9.17, 15) is 0 Å². The maximum atomic E-state index is 2.25. The molecule has 1 rings (SSSR count). The molecule has 64 valence electrons. The van der Waals surface area contributed by atoms with Crippen LogP contribution in [0.5, 0.6) is 0 Å². The standard InChI is InChI=1S/C12H15.Li/c1-12(2,3)10-9-11-7-5-4-6-8-11;/h4-9H,1-3H3;. The monoisotopic (exact) mass is 166 g/mol. The van der Waals surface area contributed by atoms with Gasteiger partial charge in [0.15, 0.2) is 0 Å². The third-order valence-corrected chi connectivity index (χ3v) is 2.37. The molecule has 0 aromatic heterocycles. The van der Waals surface area contributed by atoms with Gasteiger partial charge in [0.25, 0.3) is 0 Å². The van der Waals surface area contributed by atoms with Gasteiger partial charge in [-0.3, -0.25) is 0 Å². The molecule has 0 bridgehead atoms. The summed E-state index contributed by atoms with van der Waals surface area (Å²) in [5, 5.41) is 0. The average molecular weight is 166 g/mol. The molecule has 0 aliphatic rings. The molecule has 0 unspecified atom stereocenters. The van der Waals surface area contributed by atoms with Gasteiger partial charge in [0.05, 0.1) is 0 Å². The summed E-state index contributed by atoms with van der Waals surface area (Å²) in [4.78, 5) is 0. The fraction of sp³-hybridized carbons (Fsp3) is 0.333. The molecule has 0 spiro atoms. The van der Waals surface area contributed by atoms with Crippen molar-refractivity contribution in [3.05, 3.63) is 40.1 Å². The number of allylic oxidation sites excluding steroid dienone is 1. The van der Waals surface area contributed by atoms with Crippen LogP contribution >= 0.6 is 0 Å². The van der Waals surface area contributed by atoms with Crippen LogP contribution in [-0.2, 0) is 0 Å². The summed E-state index contributed by atoms with van der Waals surface area (Å²) in [6.07, 6.45) is 2.25. The average Bonchev–Trinajstić information content (AvgIpc) is 2.04. The van der Waals surface area contributed by atoms with Crippen LogP contribution < -0.4 is 0 Å². The topological polar surface area (TPSA) is 0 Å². The van der Waals surface area contributed by atoms with Crippen LogP contribution in [0, 0.1) is 5.41 Å². The molecule has 1 aromatic rings. The third kappa shape index (κ3) is 3.42. The molecule has 0 heterocycles. The van der Waals surface area contributed by atoms with Crippen LogP contribution in [0.4, 0.5) is 0 Å². The molecule has 0 amide bonds. The summed E-state index contributed by atoms with van der Waals surface area (Å²) in [6, 6.07) is 10.5. The van der Waals surface area contributed by atoms with Gasteiger partial charge in [-0.25, -0.2) is 0 Å². The van der Waals surface area contributed by atoms with Crippen molar-refractivity contribution in [2.75, 3.05) is 0 Å². The van der Waals surface area contributed by atoms with Gasteiger partial charge >= 0.3 is 90.1 Å². The molecular weight excluding hydrogens is 151 g/mol. The van der Waals surface area contributed by atoms with Gasteiger partial charge < -0.3 is 0 Å². The molecule has 0 aliphatic heterocycles. The summed E-state index contributed by atoms with van der Waals surface area (Å²) in [7, 11) is 0. The molecule has 0 saturated heterocycles. The van der Waals surface area contributed by atoms with Crippen LogP contribution in [0.15, 0.2) is 34.6 Å². The van der Waals surface area contributed by atoms with Crippen molar-refractivity contribution < 1.29 is 0 Å². The molecule has 1 heteroatoms. The zero-order chi connectivity index (χ0) is 9.90. The normalized spacial score (nSPS) is 13.2. The van der Waals surface area contributed by atoms with E-state index >= 15 is 0 Å². The van der Waals surface area contributed by atoms with Crippen molar-refractivity contribution in [1.29, 1.82) is 0 Å². The fourth-order valence-electron chi connectivity index (χ4n) is 1.02. The predicted octanol–water partition coefficient (Wildman–Crippen LogP) is 3.24. The Morgan fingerprint density at radius 2 is 1.69 bits per heavy atom. The van der Waals surface area contributed by atoms with E-state index in [0.29, 0.717) is 0 Å². The zero-order valence-electron chi connectivity index (χ0n) is 8.96. The predicted molar refractivity (Wildman–Crippen MR) is 59.6 cm³/mol. The molecule has 0 saturated carbocycles. The number of benzene rings is 1. The number of hydrogen-bond acceptors (Lipinski definition) is 0. The quantitative estimate of drug-likeness (QED) is 0.562. The Bertz CT molecular complexity index is 291. The van der Waals surface area contributed by atoms with Gasteiger partial charge in [-0.2, -0.15) is 0 Å². The van der Waals surface area contributed by atoms with E-state index in [-0.39, 0.29) is 5.41 Å². The molecule has 0 nitrogen and oxygen atoms in total. The first-order valence-corrected chi connectivity index (χ1v) is 4.74. The molecule has 0 fully saturated rings. The second-order valence-electron chi connectivity index (χ2n) is 4.49. The van der Waals surface area contributed by atoms with Gasteiger partial charge in [0, 0.05) is 0 Å². The van der Waals surface area contributed by atoms with Crippen molar-refractivity contribution in [2.24, 2.45) is 5.41 Å². The van der Waals surface area contributed by atoms with Crippen molar-refractivity contribution in [1.82, 2.24) is 0 Å². The third-order valence-electron chi connectivity index (χ3n) is 2.37. The Hall–Kier alpha value is -0.443. The van der Waals surface area contributed by atoms with Gasteiger partial charge in [0.1, 0.15) is 0 Å². The summed E-state index contributed by atoms with van der Waals surface area (Å²) in [5.41, 5.74) is 1.56. The fourth-order valence-corrected chi connectivity index (χ4v) is 1.02. The second kappa shape index (κ2) is 4.18. The van der Waals surface area contributed by atoms with Crippen LogP contribution in [-0.4, -0.2) is 17.7 Å². The van der Waals surface area contributed by atoms with Crippen LogP contribution in [0.2, 0.25) is 0 Å². The van der Waals surface area contributed by atoms with E-state index in [1.165, 1.54) is 9.81 Å². The van der Waals surface area contributed by atoms with Crippen molar-refractivity contribution >= 4 is 23.8 Å². The van der Waals surface area contributed by atoms with Gasteiger partial charge in [0.2, 0.25) is 0 Å². The number of hydrogen-bond donors (Lipinski definition) is 0. The van der Waals surface area contributed by atoms with Gasteiger partial charge in [-0.15, -0.1) is 0 Å². The summed E-state index contributed by atoms with van der Waals surface area (Å²) in [6.45, 7) is 6.71. The minimum atomic E-state index is 0.274. The van der Waals surface area contributed by atoms with Gasteiger partial charge in [-0.05, 0) is 0 Å². The molecule has 0 atom stereocenters. The first-order chi connectivity index (χ1) is 6.00. The molecule has 1 aromatic carbocycles. The second-order valence-corrected chi connectivity index (χ2v) is 4.49. The van der Waals surface area contributed by atoms with Crippen LogP contribution in [0.1, 0.15) is 26.3 Å². The van der Waals surface area contributed by atoms with Crippen molar-refractivity contribution in [3.8, 4) is 0 Å². The van der Waals surface area contributed by atoms with E-state index in [1.807, 2.05) is 6.07 Å². The van der Waals surface area contributed by atoms with Crippen LogP contribution in [0.3, 0.4) is 0 Å². The Morgan fingerprint density at radius 1 is 1.15 bits per heavy atom. The molecule has 13 heavy (non-hydrogen) atoms. The van der Waals surface area contributed by atoms with E-state index in [0.717, 1.165) is 0 Å². The Balaban J connectivity index is 2.90. The molecule has 0 N–H and O–H groups in total. The summed E-state index contributed by atoms with van der Waals surface area (Å²) >= 11 is 2.19. The van der Waals surface area contributed by atoms with Crippen LogP contribution in [0.25, 0.3) is 6.08 Å². The summed E-state index contributed by atoms with van der Waals surface area (Å²) in [5.74, 6) is 0. The molecule has 0 radical (unpaired) electrons. The first kappa shape index (κ1) is 10.6. The molecular formula is C12H15Li. The van der Waals surface area contributed by atoms with E-state index < -0.39 is 0 Å². The molecule has 0 aliphatic carbocycles.